The standard InChI is InChI=1S/C21H27N3O4/c1-24(2)12-11-22-20(25)16-6-8-17(9-7-16)21(26)23-14-15-5-10-18(27-3)19(13-15)28-4/h5-10,13H,11-12,14H2,1-4H3,(H,22,25)(H,23,26). The highest BCUT2D eigenvalue weighted by Gasteiger charge is 2.10. The van der Waals surface area contributed by atoms with E-state index in [0.29, 0.717) is 35.7 Å². The van der Waals surface area contributed by atoms with Gasteiger partial charge >= 0.3 is 0 Å². The molecule has 0 unspecified atom stereocenters. The summed E-state index contributed by atoms with van der Waals surface area (Å²) < 4.78 is 10.5. The van der Waals surface area contributed by atoms with Gasteiger partial charge in [-0.2, -0.15) is 0 Å². The fourth-order valence-corrected chi connectivity index (χ4v) is 2.54. The van der Waals surface area contributed by atoms with Crippen molar-refractivity contribution in [3.63, 3.8) is 0 Å². The Hall–Kier alpha value is -3.06. The molecule has 0 fully saturated rings. The van der Waals surface area contributed by atoms with Gasteiger partial charge in [-0.3, -0.25) is 9.59 Å². The molecular weight excluding hydrogens is 358 g/mol. The van der Waals surface area contributed by atoms with Gasteiger partial charge in [0.25, 0.3) is 11.8 Å². The molecule has 7 nitrogen and oxygen atoms in total. The van der Waals surface area contributed by atoms with Gasteiger partial charge in [0.05, 0.1) is 14.2 Å². The average molecular weight is 385 g/mol. The summed E-state index contributed by atoms with van der Waals surface area (Å²) in [4.78, 5) is 26.4. The number of methoxy groups -OCH3 is 2. The van der Waals surface area contributed by atoms with E-state index in [4.69, 9.17) is 9.47 Å². The lowest BCUT2D eigenvalue weighted by Crippen LogP contribution is -2.31. The number of carbonyl (C=O) groups excluding carboxylic acids is 2. The molecule has 0 spiro atoms. The molecule has 2 N–H and O–H groups in total. The second-order valence-corrected chi connectivity index (χ2v) is 6.51. The first-order valence-electron chi connectivity index (χ1n) is 8.96. The summed E-state index contributed by atoms with van der Waals surface area (Å²) in [6, 6.07) is 12.1. The molecule has 28 heavy (non-hydrogen) atoms. The molecular formula is C21H27N3O4. The van der Waals surface area contributed by atoms with Gasteiger partial charge in [-0.05, 0) is 56.1 Å². The lowest BCUT2D eigenvalue weighted by molar-refractivity contribution is 0.0939. The van der Waals surface area contributed by atoms with Gasteiger partial charge in [0.15, 0.2) is 11.5 Å². The molecule has 0 atom stereocenters. The van der Waals surface area contributed by atoms with Crippen LogP contribution >= 0.6 is 0 Å². The van der Waals surface area contributed by atoms with Crippen LogP contribution < -0.4 is 20.1 Å². The number of hydrogen-bond donors (Lipinski definition) is 2. The number of nitrogens with one attached hydrogen (secondary N) is 2. The van der Waals surface area contributed by atoms with Crippen molar-refractivity contribution < 1.29 is 19.1 Å². The molecule has 7 heteroatoms. The van der Waals surface area contributed by atoms with E-state index in [0.717, 1.165) is 12.1 Å². The Bertz CT molecular complexity index is 804. The second kappa shape index (κ2) is 10.3. The zero-order valence-corrected chi connectivity index (χ0v) is 16.7. The Morgan fingerprint density at radius 3 is 1.96 bits per heavy atom. The third-order valence-corrected chi connectivity index (χ3v) is 4.15. The van der Waals surface area contributed by atoms with Crippen LogP contribution in [0.4, 0.5) is 0 Å². The lowest BCUT2D eigenvalue weighted by atomic mass is 10.1. The van der Waals surface area contributed by atoms with Gasteiger partial charge in [0.2, 0.25) is 0 Å². The summed E-state index contributed by atoms with van der Waals surface area (Å²) in [5, 5.41) is 5.70. The smallest absolute Gasteiger partial charge is 0.251 e. The summed E-state index contributed by atoms with van der Waals surface area (Å²) in [6.45, 7) is 1.69. The predicted molar refractivity (Wildman–Crippen MR) is 108 cm³/mol. The van der Waals surface area contributed by atoms with Gasteiger partial charge < -0.3 is 25.0 Å². The Morgan fingerprint density at radius 2 is 1.43 bits per heavy atom. The molecule has 0 saturated heterocycles. The van der Waals surface area contributed by atoms with E-state index in [1.165, 1.54) is 0 Å². The van der Waals surface area contributed by atoms with E-state index in [1.54, 1.807) is 44.6 Å². The molecule has 0 saturated carbocycles. The fraction of sp³-hybridized carbons (Fsp3) is 0.333. The summed E-state index contributed by atoms with van der Waals surface area (Å²) in [7, 11) is 7.03. The first-order valence-corrected chi connectivity index (χ1v) is 8.96. The van der Waals surface area contributed by atoms with Crippen molar-refractivity contribution in [2.45, 2.75) is 6.54 Å². The molecule has 2 aromatic carbocycles. The van der Waals surface area contributed by atoms with Crippen LogP contribution in [0.5, 0.6) is 11.5 Å². The average Bonchev–Trinajstić information content (AvgIpc) is 2.71. The molecule has 2 aromatic rings. The monoisotopic (exact) mass is 385 g/mol. The summed E-state index contributed by atoms with van der Waals surface area (Å²) in [5.41, 5.74) is 1.91. The number of ether oxygens (including phenoxy) is 2. The van der Waals surface area contributed by atoms with Crippen LogP contribution in [0.2, 0.25) is 0 Å². The molecule has 0 bridgehead atoms. The van der Waals surface area contributed by atoms with Crippen LogP contribution in [0.15, 0.2) is 42.5 Å². The molecule has 0 radical (unpaired) electrons. The maximum absolute atomic E-state index is 12.4. The Labute approximate surface area is 165 Å². The molecule has 2 rings (SSSR count). The fourth-order valence-electron chi connectivity index (χ4n) is 2.54. The van der Waals surface area contributed by atoms with Crippen LogP contribution in [0.25, 0.3) is 0 Å². The van der Waals surface area contributed by atoms with Crippen molar-refractivity contribution in [1.82, 2.24) is 15.5 Å². The molecule has 0 aliphatic heterocycles. The maximum Gasteiger partial charge on any atom is 0.251 e. The first-order chi connectivity index (χ1) is 13.4. The minimum Gasteiger partial charge on any atom is -0.493 e. The van der Waals surface area contributed by atoms with Crippen LogP contribution in [0.1, 0.15) is 26.3 Å². The molecule has 0 heterocycles. The summed E-state index contributed by atoms with van der Waals surface area (Å²) in [5.74, 6) is 0.879. The number of amides is 2. The van der Waals surface area contributed by atoms with Gasteiger partial charge in [0.1, 0.15) is 0 Å². The van der Waals surface area contributed by atoms with E-state index < -0.39 is 0 Å². The van der Waals surface area contributed by atoms with Crippen LogP contribution in [-0.2, 0) is 6.54 Å². The summed E-state index contributed by atoms with van der Waals surface area (Å²) >= 11 is 0. The van der Waals surface area contributed by atoms with E-state index in [2.05, 4.69) is 10.6 Å². The number of nitrogens with zero attached hydrogens (tertiary/aromatic N) is 1. The van der Waals surface area contributed by atoms with Crippen molar-refractivity contribution >= 4 is 11.8 Å². The number of benzene rings is 2. The first kappa shape index (κ1) is 21.2. The molecule has 0 aromatic heterocycles. The highest BCUT2D eigenvalue weighted by Crippen LogP contribution is 2.27. The third-order valence-electron chi connectivity index (χ3n) is 4.15. The quantitative estimate of drug-likeness (QED) is 0.689. The molecule has 150 valence electrons. The van der Waals surface area contributed by atoms with Crippen LogP contribution in [0, 0.1) is 0 Å². The predicted octanol–water partition coefficient (Wildman–Crippen LogP) is 1.93. The van der Waals surface area contributed by atoms with E-state index in [-0.39, 0.29) is 11.8 Å². The van der Waals surface area contributed by atoms with E-state index in [1.807, 2.05) is 31.1 Å². The Morgan fingerprint density at radius 1 is 0.857 bits per heavy atom. The van der Waals surface area contributed by atoms with Crippen molar-refractivity contribution in [2.75, 3.05) is 41.4 Å². The van der Waals surface area contributed by atoms with Crippen LogP contribution in [0.3, 0.4) is 0 Å². The molecule has 0 aliphatic rings. The maximum atomic E-state index is 12.4. The van der Waals surface area contributed by atoms with Crippen molar-refractivity contribution in [1.29, 1.82) is 0 Å². The molecule has 2 amide bonds. The van der Waals surface area contributed by atoms with E-state index >= 15 is 0 Å². The minimum absolute atomic E-state index is 0.154. The highest BCUT2D eigenvalue weighted by atomic mass is 16.5. The van der Waals surface area contributed by atoms with Gasteiger partial charge in [-0.15, -0.1) is 0 Å². The van der Waals surface area contributed by atoms with Gasteiger partial charge in [0, 0.05) is 30.8 Å². The SMILES string of the molecule is COc1ccc(CNC(=O)c2ccc(C(=O)NCCN(C)C)cc2)cc1OC. The van der Waals surface area contributed by atoms with Crippen LogP contribution in [-0.4, -0.2) is 58.1 Å². The van der Waals surface area contributed by atoms with E-state index in [9.17, 15) is 9.59 Å². The zero-order chi connectivity index (χ0) is 20.5. The van der Waals surface area contributed by atoms with Crippen molar-refractivity contribution in [3.8, 4) is 11.5 Å². The van der Waals surface area contributed by atoms with Gasteiger partial charge in [-0.25, -0.2) is 0 Å². The Kier molecular flexibility index (Phi) is 7.83. The lowest BCUT2D eigenvalue weighted by Gasteiger charge is -2.11. The topological polar surface area (TPSA) is 79.9 Å². The zero-order valence-electron chi connectivity index (χ0n) is 16.7. The largest absolute Gasteiger partial charge is 0.493 e. The highest BCUT2D eigenvalue weighted by molar-refractivity contribution is 5.97. The van der Waals surface area contributed by atoms with Crippen molar-refractivity contribution in [3.05, 3.63) is 59.2 Å². The normalized spacial score (nSPS) is 10.5. The number of hydrogen-bond acceptors (Lipinski definition) is 5. The molecule has 0 aliphatic carbocycles. The second-order valence-electron chi connectivity index (χ2n) is 6.51. The third kappa shape index (κ3) is 5.99. The van der Waals surface area contributed by atoms with Crippen molar-refractivity contribution in [2.24, 2.45) is 0 Å². The minimum atomic E-state index is -0.214. The number of rotatable bonds is 9. The van der Waals surface area contributed by atoms with Gasteiger partial charge in [-0.1, -0.05) is 6.07 Å². The number of carbonyl (C=O) groups is 2. The number of likely N-dealkylation sites (N-methyl/N-ethyl adjacent to an activating group) is 1. The summed E-state index contributed by atoms with van der Waals surface area (Å²) in [6.07, 6.45) is 0. The Balaban J connectivity index is 1.91.